The van der Waals surface area contributed by atoms with E-state index in [1.807, 2.05) is 29.2 Å². The number of ether oxygens (including phenoxy) is 1. The summed E-state index contributed by atoms with van der Waals surface area (Å²) >= 11 is 1.44. The molecule has 9 rings (SSSR count). The summed E-state index contributed by atoms with van der Waals surface area (Å²) in [6, 6.07) is 15.2. The maximum Gasteiger partial charge on any atom is 0.439 e. The molecule has 1 aliphatic carbocycles. The molecule has 2 atom stereocenters. The van der Waals surface area contributed by atoms with Crippen molar-refractivity contribution >= 4 is 33.1 Å². The SMILES string of the molecule is COc1cccc2c1CC[C@@H]2Nc1nccc2cc(-c3c4c(nc(CCc5ccccc5C(F)(F)F)c3-c3noc(=O)[nH]3)[C@@H]3CCCN3C4=O)sc12. The van der Waals surface area contributed by atoms with Crippen LogP contribution in [0.1, 0.15) is 75.3 Å². The summed E-state index contributed by atoms with van der Waals surface area (Å²) < 4.78 is 53.5. The minimum atomic E-state index is -4.53. The molecular weight excluding hydrogens is 694 g/mol. The molecule has 10 nitrogen and oxygen atoms in total. The third kappa shape index (κ3) is 5.26. The fourth-order valence-electron chi connectivity index (χ4n) is 8.16. The van der Waals surface area contributed by atoms with Gasteiger partial charge in [-0.25, -0.2) is 9.78 Å². The number of rotatable bonds is 8. The summed E-state index contributed by atoms with van der Waals surface area (Å²) in [5, 5.41) is 8.57. The summed E-state index contributed by atoms with van der Waals surface area (Å²) in [6.07, 6.45) is 0.562. The number of amides is 1. The largest absolute Gasteiger partial charge is 0.496 e. The minimum absolute atomic E-state index is 0.00891. The Kier molecular flexibility index (Phi) is 7.68. The molecular formula is C38H31F3N6O4S. The molecule has 1 amide bonds. The number of hydrogen-bond acceptors (Lipinski definition) is 9. The molecule has 14 heteroatoms. The van der Waals surface area contributed by atoms with Gasteiger partial charge in [0.25, 0.3) is 5.91 Å². The van der Waals surface area contributed by atoms with E-state index < -0.39 is 17.5 Å². The fourth-order valence-corrected chi connectivity index (χ4v) is 9.32. The molecule has 0 saturated carbocycles. The van der Waals surface area contributed by atoms with E-state index in [0.29, 0.717) is 45.3 Å². The first-order chi connectivity index (χ1) is 25.2. The number of fused-ring (bicyclic) bond motifs is 5. The van der Waals surface area contributed by atoms with Crippen molar-refractivity contribution in [3.8, 4) is 27.6 Å². The summed E-state index contributed by atoms with van der Waals surface area (Å²) in [5.41, 5.74) is 4.03. The molecule has 1 fully saturated rings. The molecule has 264 valence electrons. The van der Waals surface area contributed by atoms with Gasteiger partial charge in [-0.2, -0.15) is 13.2 Å². The van der Waals surface area contributed by atoms with Gasteiger partial charge in [-0.1, -0.05) is 35.5 Å². The number of aromatic nitrogens is 4. The normalized spacial score (nSPS) is 17.8. The first kappa shape index (κ1) is 32.4. The van der Waals surface area contributed by atoms with E-state index >= 15 is 0 Å². The quantitative estimate of drug-likeness (QED) is 0.162. The fraction of sp³-hybridized carbons (Fsp3) is 0.289. The Hall–Kier alpha value is -5.50. The van der Waals surface area contributed by atoms with Crippen LogP contribution >= 0.6 is 11.3 Å². The monoisotopic (exact) mass is 724 g/mol. The van der Waals surface area contributed by atoms with Gasteiger partial charge in [0.15, 0.2) is 5.82 Å². The van der Waals surface area contributed by atoms with Crippen molar-refractivity contribution in [2.24, 2.45) is 0 Å². The maximum absolute atomic E-state index is 14.2. The van der Waals surface area contributed by atoms with Crippen molar-refractivity contribution in [3.63, 3.8) is 0 Å². The van der Waals surface area contributed by atoms with Crippen LogP contribution in [0.15, 0.2) is 70.1 Å². The number of H-pyrrole nitrogens is 1. The van der Waals surface area contributed by atoms with E-state index in [-0.39, 0.29) is 42.2 Å². The van der Waals surface area contributed by atoms with Gasteiger partial charge < -0.3 is 15.0 Å². The second kappa shape index (κ2) is 12.3. The number of nitrogens with one attached hydrogen (secondary N) is 2. The van der Waals surface area contributed by atoms with E-state index in [4.69, 9.17) is 19.2 Å². The van der Waals surface area contributed by atoms with Crippen molar-refractivity contribution in [2.75, 3.05) is 19.0 Å². The lowest BCUT2D eigenvalue weighted by Gasteiger charge is -2.17. The lowest BCUT2D eigenvalue weighted by molar-refractivity contribution is -0.138. The topological polar surface area (TPSA) is 126 Å². The number of halogens is 3. The summed E-state index contributed by atoms with van der Waals surface area (Å²) in [6.45, 7) is 0.571. The number of thiophene rings is 1. The molecule has 0 radical (unpaired) electrons. The first-order valence-corrected chi connectivity index (χ1v) is 17.9. The minimum Gasteiger partial charge on any atom is -0.496 e. The number of anilines is 1. The molecule has 2 N–H and O–H groups in total. The van der Waals surface area contributed by atoms with Crippen LogP contribution in [0.4, 0.5) is 19.0 Å². The standard InChI is InChI=1S/C38H31F3N6O4S/c1-50-27-10-4-7-21-22(27)12-14-24(21)44-35-33-20(15-16-42-35)18-28(52-33)30-29(34-45-37(49)51-46-34)25(13-11-19-6-2-3-8-23(19)38(39,40)41)43-32-26-9-5-17-47(26)36(48)31(30)32/h2-4,6-8,10,15-16,18,24,26H,5,9,11-14,17H2,1H3,(H,42,44)(H,45,46,49)/t24-,26-/m0/s1. The van der Waals surface area contributed by atoms with Crippen LogP contribution < -0.4 is 15.8 Å². The van der Waals surface area contributed by atoms with Crippen LogP contribution in [0.2, 0.25) is 0 Å². The number of methoxy groups -OCH3 is 1. The van der Waals surface area contributed by atoms with Gasteiger partial charge >= 0.3 is 11.9 Å². The molecule has 1 saturated heterocycles. The van der Waals surface area contributed by atoms with Gasteiger partial charge in [0.1, 0.15) is 11.6 Å². The van der Waals surface area contributed by atoms with Gasteiger partial charge in [0, 0.05) is 23.2 Å². The molecule has 3 aliphatic rings. The van der Waals surface area contributed by atoms with Crippen LogP contribution in [-0.2, 0) is 25.4 Å². The second-order valence-corrected chi connectivity index (χ2v) is 14.3. The van der Waals surface area contributed by atoms with Gasteiger partial charge in [-0.05, 0) is 84.9 Å². The Bertz CT molecular complexity index is 2450. The van der Waals surface area contributed by atoms with Crippen molar-refractivity contribution in [1.29, 1.82) is 0 Å². The highest BCUT2D eigenvalue weighted by atomic mass is 32.1. The maximum atomic E-state index is 14.2. The number of nitrogens with zero attached hydrogens (tertiary/aromatic N) is 4. The number of alkyl halides is 3. The lowest BCUT2D eigenvalue weighted by Crippen LogP contribution is -2.22. The number of hydrogen-bond donors (Lipinski definition) is 2. The highest BCUT2D eigenvalue weighted by molar-refractivity contribution is 7.23. The number of carbonyl (C=O) groups is 1. The summed E-state index contributed by atoms with van der Waals surface area (Å²) in [4.78, 5) is 41.5. The highest BCUT2D eigenvalue weighted by Gasteiger charge is 2.45. The van der Waals surface area contributed by atoms with E-state index in [1.54, 1.807) is 19.4 Å². The van der Waals surface area contributed by atoms with Crippen LogP contribution in [0.5, 0.6) is 5.75 Å². The van der Waals surface area contributed by atoms with Crippen LogP contribution in [0.3, 0.4) is 0 Å². The Morgan fingerprint density at radius 2 is 1.92 bits per heavy atom. The third-order valence-electron chi connectivity index (χ3n) is 10.4. The second-order valence-electron chi connectivity index (χ2n) is 13.3. The molecule has 0 unspecified atom stereocenters. The zero-order valence-electron chi connectivity index (χ0n) is 27.8. The van der Waals surface area contributed by atoms with E-state index in [0.717, 1.165) is 53.1 Å². The Morgan fingerprint density at radius 1 is 1.06 bits per heavy atom. The first-order valence-electron chi connectivity index (χ1n) is 17.1. The van der Waals surface area contributed by atoms with Gasteiger partial charge in [-0.3, -0.25) is 19.3 Å². The zero-order valence-corrected chi connectivity index (χ0v) is 28.7. The van der Waals surface area contributed by atoms with E-state index in [1.165, 1.54) is 29.0 Å². The zero-order chi connectivity index (χ0) is 35.7. The van der Waals surface area contributed by atoms with Crippen molar-refractivity contribution in [2.45, 2.75) is 56.8 Å². The summed E-state index contributed by atoms with van der Waals surface area (Å²) in [7, 11) is 1.67. The molecule has 2 aliphatic heterocycles. The average molecular weight is 725 g/mol. The number of pyridine rings is 2. The molecule has 0 bridgehead atoms. The van der Waals surface area contributed by atoms with Crippen LogP contribution in [0, 0.1) is 0 Å². The van der Waals surface area contributed by atoms with Crippen LogP contribution in [0.25, 0.3) is 31.9 Å². The Balaban J connectivity index is 1.21. The third-order valence-corrected chi connectivity index (χ3v) is 11.6. The number of carbonyl (C=O) groups excluding carboxylic acids is 1. The molecule has 0 spiro atoms. The Labute approximate surface area is 298 Å². The smallest absolute Gasteiger partial charge is 0.439 e. The van der Waals surface area contributed by atoms with Crippen molar-refractivity contribution in [1.82, 2.24) is 25.0 Å². The van der Waals surface area contributed by atoms with Crippen molar-refractivity contribution in [3.05, 3.63) is 111 Å². The molecule has 4 aromatic heterocycles. The number of aryl methyl sites for hydroxylation is 2. The lowest BCUT2D eigenvalue weighted by atomic mass is 9.92. The molecule has 6 heterocycles. The molecule has 6 aromatic rings. The highest BCUT2D eigenvalue weighted by Crippen LogP contribution is 2.50. The predicted octanol–water partition coefficient (Wildman–Crippen LogP) is 7.90. The number of benzene rings is 2. The van der Waals surface area contributed by atoms with Gasteiger partial charge in [0.05, 0.1) is 52.0 Å². The molecule has 2 aromatic carbocycles. The average Bonchev–Trinajstić information content (AvgIpc) is 3.98. The van der Waals surface area contributed by atoms with Gasteiger partial charge in [-0.15, -0.1) is 11.3 Å². The number of aromatic amines is 1. The predicted molar refractivity (Wildman–Crippen MR) is 189 cm³/mol. The summed E-state index contributed by atoms with van der Waals surface area (Å²) in [5.74, 6) is 0.625. The van der Waals surface area contributed by atoms with Gasteiger partial charge in [0.2, 0.25) is 0 Å². The van der Waals surface area contributed by atoms with Crippen LogP contribution in [-0.4, -0.2) is 44.6 Å². The van der Waals surface area contributed by atoms with E-state index in [9.17, 15) is 22.8 Å². The Morgan fingerprint density at radius 3 is 2.73 bits per heavy atom. The molecule has 52 heavy (non-hydrogen) atoms. The van der Waals surface area contributed by atoms with E-state index in [2.05, 4.69) is 21.5 Å². The van der Waals surface area contributed by atoms with Crippen molar-refractivity contribution < 1.29 is 27.2 Å².